The Hall–Kier alpha value is -2.56. The number of pyridine rings is 1. The molecule has 21 heavy (non-hydrogen) atoms. The van der Waals surface area contributed by atoms with Gasteiger partial charge in [-0.15, -0.1) is 0 Å². The second-order valence-corrected chi connectivity index (χ2v) is 5.09. The fraction of sp³-hybridized carbons (Fsp3) is 0.250. The number of hydrogen-bond donors (Lipinski definition) is 2. The van der Waals surface area contributed by atoms with E-state index in [1.807, 2.05) is 18.2 Å². The van der Waals surface area contributed by atoms with Crippen LogP contribution in [0.2, 0.25) is 0 Å². The van der Waals surface area contributed by atoms with Crippen LogP contribution in [0.5, 0.6) is 0 Å². The molecule has 0 aliphatic carbocycles. The monoisotopic (exact) mass is 281 g/mol. The van der Waals surface area contributed by atoms with E-state index in [1.165, 1.54) is 5.69 Å². The summed E-state index contributed by atoms with van der Waals surface area (Å²) in [5.74, 6) is 0.0242. The molecule has 3 rings (SSSR count). The number of para-hydroxylation sites is 1. The zero-order chi connectivity index (χ0) is 14.7. The summed E-state index contributed by atoms with van der Waals surface area (Å²) < 4.78 is 0. The lowest BCUT2D eigenvalue weighted by molar-refractivity contribution is 0.652. The normalized spacial score (nSPS) is 15.0. The molecule has 1 aliphatic rings. The van der Waals surface area contributed by atoms with Crippen LogP contribution in [-0.4, -0.2) is 37.0 Å². The van der Waals surface area contributed by atoms with E-state index in [-0.39, 0.29) is 5.84 Å². The topological polar surface area (TPSA) is 69.2 Å². The van der Waals surface area contributed by atoms with E-state index >= 15 is 0 Å². The lowest BCUT2D eigenvalue weighted by Crippen LogP contribution is -2.47. The number of anilines is 2. The molecule has 0 unspecified atom stereocenters. The van der Waals surface area contributed by atoms with Gasteiger partial charge in [0.15, 0.2) is 0 Å². The number of nitrogens with zero attached hydrogens (tertiary/aromatic N) is 3. The van der Waals surface area contributed by atoms with Crippen molar-refractivity contribution in [2.24, 2.45) is 5.73 Å². The molecule has 108 valence electrons. The summed E-state index contributed by atoms with van der Waals surface area (Å²) in [7, 11) is 0. The highest BCUT2D eigenvalue weighted by molar-refractivity contribution is 5.98. The van der Waals surface area contributed by atoms with Gasteiger partial charge in [-0.05, 0) is 24.3 Å². The minimum atomic E-state index is 0.0242. The molecule has 1 fully saturated rings. The Balaban J connectivity index is 1.73. The van der Waals surface area contributed by atoms with Crippen LogP contribution in [0.1, 0.15) is 5.69 Å². The van der Waals surface area contributed by atoms with Gasteiger partial charge in [0.05, 0.1) is 5.69 Å². The molecular weight excluding hydrogens is 262 g/mol. The van der Waals surface area contributed by atoms with Crippen molar-refractivity contribution in [2.45, 2.75) is 0 Å². The summed E-state index contributed by atoms with van der Waals surface area (Å²) in [6.45, 7) is 3.72. The first-order valence-corrected chi connectivity index (χ1v) is 7.10. The molecule has 5 heteroatoms. The number of piperazine rings is 1. The molecule has 1 aliphatic heterocycles. The highest BCUT2D eigenvalue weighted by atomic mass is 15.3. The van der Waals surface area contributed by atoms with Gasteiger partial charge in [0.1, 0.15) is 11.5 Å². The first-order chi connectivity index (χ1) is 10.3. The maximum absolute atomic E-state index is 7.65. The second kappa shape index (κ2) is 5.83. The lowest BCUT2D eigenvalue weighted by Gasteiger charge is -2.37. The smallest absolute Gasteiger partial charge is 0.143 e. The van der Waals surface area contributed by atoms with Gasteiger partial charge in [-0.1, -0.05) is 18.2 Å². The van der Waals surface area contributed by atoms with Crippen molar-refractivity contribution in [3.05, 3.63) is 54.4 Å². The van der Waals surface area contributed by atoms with Crippen molar-refractivity contribution in [1.82, 2.24) is 4.98 Å². The molecular formula is C16H19N5. The van der Waals surface area contributed by atoms with Crippen molar-refractivity contribution in [1.29, 1.82) is 5.41 Å². The first kappa shape index (κ1) is 13.4. The number of nitrogen functional groups attached to an aromatic ring is 1. The largest absolute Gasteiger partial charge is 0.382 e. The average Bonchev–Trinajstić information content (AvgIpc) is 2.56. The number of amidine groups is 1. The molecule has 0 atom stereocenters. The summed E-state index contributed by atoms with van der Waals surface area (Å²) in [5, 5.41) is 7.65. The summed E-state index contributed by atoms with van der Waals surface area (Å²) in [5.41, 5.74) is 8.41. The predicted octanol–water partition coefficient (Wildman–Crippen LogP) is 1.69. The molecule has 2 aromatic rings. The van der Waals surface area contributed by atoms with Gasteiger partial charge in [-0.25, -0.2) is 0 Å². The predicted molar refractivity (Wildman–Crippen MR) is 86.1 cm³/mol. The Morgan fingerprint density at radius 1 is 0.952 bits per heavy atom. The standard InChI is InChI=1S/C16H19N5/c17-16(18)15-14(7-4-8-19-15)21-11-9-20(10-12-21)13-5-2-1-3-6-13/h1-8H,9-12H2,(H3,17,18). The third kappa shape index (κ3) is 2.81. The highest BCUT2D eigenvalue weighted by Crippen LogP contribution is 2.22. The van der Waals surface area contributed by atoms with Gasteiger partial charge in [0, 0.05) is 38.1 Å². The van der Waals surface area contributed by atoms with E-state index in [9.17, 15) is 0 Å². The fourth-order valence-corrected chi connectivity index (χ4v) is 2.70. The number of benzene rings is 1. The van der Waals surface area contributed by atoms with Crippen LogP contribution >= 0.6 is 0 Å². The van der Waals surface area contributed by atoms with Crippen molar-refractivity contribution < 1.29 is 0 Å². The van der Waals surface area contributed by atoms with Gasteiger partial charge in [0.25, 0.3) is 0 Å². The Kier molecular flexibility index (Phi) is 3.73. The summed E-state index contributed by atoms with van der Waals surface area (Å²) in [6, 6.07) is 14.3. The molecule has 0 spiro atoms. The average molecular weight is 281 g/mol. The maximum Gasteiger partial charge on any atom is 0.143 e. The van der Waals surface area contributed by atoms with Crippen LogP contribution in [0.15, 0.2) is 48.7 Å². The van der Waals surface area contributed by atoms with Crippen molar-refractivity contribution in [3.63, 3.8) is 0 Å². The van der Waals surface area contributed by atoms with Gasteiger partial charge in [-0.2, -0.15) is 0 Å². The molecule has 0 radical (unpaired) electrons. The molecule has 1 saturated heterocycles. The number of hydrogen-bond acceptors (Lipinski definition) is 4. The van der Waals surface area contributed by atoms with Gasteiger partial charge < -0.3 is 15.5 Å². The number of aromatic nitrogens is 1. The van der Waals surface area contributed by atoms with E-state index in [4.69, 9.17) is 11.1 Å². The van der Waals surface area contributed by atoms with Gasteiger partial charge in [0.2, 0.25) is 0 Å². The number of nitrogens with one attached hydrogen (secondary N) is 1. The van der Waals surface area contributed by atoms with Gasteiger partial charge in [-0.3, -0.25) is 10.4 Å². The minimum Gasteiger partial charge on any atom is -0.382 e. The molecule has 5 nitrogen and oxygen atoms in total. The zero-order valence-corrected chi connectivity index (χ0v) is 11.9. The van der Waals surface area contributed by atoms with E-state index in [2.05, 4.69) is 39.0 Å². The first-order valence-electron chi connectivity index (χ1n) is 7.10. The fourth-order valence-electron chi connectivity index (χ4n) is 2.70. The lowest BCUT2D eigenvalue weighted by atomic mass is 10.2. The van der Waals surface area contributed by atoms with Crippen molar-refractivity contribution in [3.8, 4) is 0 Å². The van der Waals surface area contributed by atoms with E-state index in [0.29, 0.717) is 5.69 Å². The molecule has 0 saturated carbocycles. The Bertz CT molecular complexity index is 618. The quantitative estimate of drug-likeness (QED) is 0.663. The van der Waals surface area contributed by atoms with Crippen LogP contribution in [0.25, 0.3) is 0 Å². The maximum atomic E-state index is 7.65. The molecule has 0 bridgehead atoms. The SMILES string of the molecule is N=C(N)c1ncccc1N1CCN(c2ccccc2)CC1. The Morgan fingerprint density at radius 3 is 2.29 bits per heavy atom. The van der Waals surface area contributed by atoms with Gasteiger partial charge >= 0.3 is 0 Å². The zero-order valence-electron chi connectivity index (χ0n) is 11.9. The van der Waals surface area contributed by atoms with E-state index in [0.717, 1.165) is 31.9 Å². The van der Waals surface area contributed by atoms with Crippen molar-refractivity contribution >= 4 is 17.2 Å². The minimum absolute atomic E-state index is 0.0242. The summed E-state index contributed by atoms with van der Waals surface area (Å²) >= 11 is 0. The number of nitrogens with two attached hydrogens (primary N) is 1. The molecule has 3 N–H and O–H groups in total. The van der Waals surface area contributed by atoms with E-state index < -0.39 is 0 Å². The molecule has 0 amide bonds. The molecule has 1 aromatic carbocycles. The van der Waals surface area contributed by atoms with E-state index in [1.54, 1.807) is 6.20 Å². The van der Waals surface area contributed by atoms with Crippen LogP contribution in [-0.2, 0) is 0 Å². The second-order valence-electron chi connectivity index (χ2n) is 5.09. The molecule has 1 aromatic heterocycles. The van der Waals surface area contributed by atoms with Crippen LogP contribution in [0, 0.1) is 5.41 Å². The van der Waals surface area contributed by atoms with Crippen LogP contribution in [0.4, 0.5) is 11.4 Å². The van der Waals surface area contributed by atoms with Crippen LogP contribution < -0.4 is 15.5 Å². The Morgan fingerprint density at radius 2 is 1.62 bits per heavy atom. The van der Waals surface area contributed by atoms with Crippen LogP contribution in [0.3, 0.4) is 0 Å². The molecule has 2 heterocycles. The Labute approximate surface area is 124 Å². The highest BCUT2D eigenvalue weighted by Gasteiger charge is 2.20. The third-order valence-electron chi connectivity index (χ3n) is 3.78. The summed E-state index contributed by atoms with van der Waals surface area (Å²) in [4.78, 5) is 8.85. The third-order valence-corrected chi connectivity index (χ3v) is 3.78. The summed E-state index contributed by atoms with van der Waals surface area (Å²) in [6.07, 6.45) is 1.68. The van der Waals surface area contributed by atoms with Crippen molar-refractivity contribution in [2.75, 3.05) is 36.0 Å². The number of rotatable bonds is 3.